The fourth-order valence-corrected chi connectivity index (χ4v) is 9.56. The van der Waals surface area contributed by atoms with E-state index in [0.717, 1.165) is 55.6 Å². The minimum atomic E-state index is -0.563. The number of ether oxygens (including phenoxy) is 2. The highest BCUT2D eigenvalue weighted by molar-refractivity contribution is 5.92. The molecule has 6 nitrogen and oxygen atoms in total. The van der Waals surface area contributed by atoms with Gasteiger partial charge in [-0.15, -0.1) is 0 Å². The Labute approximate surface area is 371 Å². The van der Waals surface area contributed by atoms with Crippen molar-refractivity contribution in [3.63, 3.8) is 0 Å². The Hall–Kier alpha value is -8.61. The maximum Gasteiger partial charge on any atom is 0.178 e. The zero-order valence-electron chi connectivity index (χ0n) is 34.5. The first-order chi connectivity index (χ1) is 31.6. The molecule has 0 fully saturated rings. The van der Waals surface area contributed by atoms with E-state index in [1.807, 2.05) is 78.9 Å². The Balaban J connectivity index is 0.978. The maximum absolute atomic E-state index is 7.08. The van der Waals surface area contributed by atoms with Crippen molar-refractivity contribution in [2.75, 3.05) is 5.73 Å². The lowest BCUT2D eigenvalue weighted by molar-refractivity contribution is 0.360. The van der Waals surface area contributed by atoms with Crippen LogP contribution in [0.5, 0.6) is 23.0 Å². The number of rotatable bonds is 7. The van der Waals surface area contributed by atoms with Gasteiger partial charge in [0.05, 0.1) is 5.41 Å². The molecule has 0 unspecified atom stereocenters. The van der Waals surface area contributed by atoms with Crippen LogP contribution in [0.25, 0.3) is 67.5 Å². The fourth-order valence-electron chi connectivity index (χ4n) is 9.56. The van der Waals surface area contributed by atoms with Crippen LogP contribution in [0.1, 0.15) is 22.3 Å². The summed E-state index contributed by atoms with van der Waals surface area (Å²) in [5.74, 6) is 4.36. The molecule has 9 aromatic carbocycles. The highest BCUT2D eigenvalue weighted by atomic mass is 16.6. The smallest absolute Gasteiger partial charge is 0.178 e. The van der Waals surface area contributed by atoms with Crippen molar-refractivity contribution in [2.45, 2.75) is 5.41 Å². The van der Waals surface area contributed by atoms with E-state index in [4.69, 9.17) is 30.2 Å². The maximum atomic E-state index is 7.08. The summed E-state index contributed by atoms with van der Waals surface area (Å²) in [5.41, 5.74) is 19.7. The number of aromatic nitrogens is 3. The molecule has 0 amide bonds. The highest BCUT2D eigenvalue weighted by Gasteiger charge is 2.48. The van der Waals surface area contributed by atoms with Gasteiger partial charge in [-0.1, -0.05) is 182 Å². The minimum absolute atomic E-state index is 0.557. The standard InChI is InChI=1S/C58H38N4O2/c59-44-25-15-19-39(35-44)38-18-14-20-41(34-38)56-60-55(37-16-4-1-5-17-37)61-57(62-56)46-27-11-10-26-45(46)40-30-32-50-52(36-40)64-54-51(63-50)33-31-49-53(54)47-28-12-13-29-48(47)58(49,42-21-6-2-7-22-42)43-23-8-3-9-24-43/h1-36H,59H2. The Morgan fingerprint density at radius 3 is 1.64 bits per heavy atom. The van der Waals surface area contributed by atoms with Gasteiger partial charge in [0.15, 0.2) is 40.5 Å². The summed E-state index contributed by atoms with van der Waals surface area (Å²) in [5, 5.41) is 0. The van der Waals surface area contributed by atoms with Gasteiger partial charge in [0, 0.05) is 27.9 Å². The summed E-state index contributed by atoms with van der Waals surface area (Å²) in [6.07, 6.45) is 0. The van der Waals surface area contributed by atoms with E-state index in [1.165, 1.54) is 16.7 Å². The predicted molar refractivity (Wildman–Crippen MR) is 255 cm³/mol. The normalized spacial score (nSPS) is 12.8. The molecular formula is C58H38N4O2. The Kier molecular flexibility index (Phi) is 8.76. The van der Waals surface area contributed by atoms with Crippen LogP contribution < -0.4 is 15.2 Å². The molecule has 10 aromatic rings. The first kappa shape index (κ1) is 37.2. The van der Waals surface area contributed by atoms with Gasteiger partial charge in [-0.25, -0.2) is 15.0 Å². The van der Waals surface area contributed by atoms with Crippen molar-refractivity contribution in [3.8, 4) is 90.5 Å². The molecule has 64 heavy (non-hydrogen) atoms. The van der Waals surface area contributed by atoms with Crippen molar-refractivity contribution < 1.29 is 9.47 Å². The van der Waals surface area contributed by atoms with Crippen LogP contribution in [0.4, 0.5) is 5.69 Å². The molecular weight excluding hydrogens is 785 g/mol. The van der Waals surface area contributed by atoms with E-state index in [2.05, 4.69) is 140 Å². The third-order valence-electron chi connectivity index (χ3n) is 12.4. The Morgan fingerprint density at radius 1 is 0.344 bits per heavy atom. The lowest BCUT2D eigenvalue weighted by Crippen LogP contribution is -2.28. The van der Waals surface area contributed by atoms with Gasteiger partial charge in [0.25, 0.3) is 0 Å². The fraction of sp³-hybridized carbons (Fsp3) is 0.0172. The molecule has 2 N–H and O–H groups in total. The van der Waals surface area contributed by atoms with Crippen molar-refractivity contribution in [3.05, 3.63) is 241 Å². The monoisotopic (exact) mass is 822 g/mol. The zero-order chi connectivity index (χ0) is 42.6. The van der Waals surface area contributed by atoms with E-state index >= 15 is 0 Å². The molecule has 6 heteroatoms. The van der Waals surface area contributed by atoms with E-state index in [9.17, 15) is 0 Å². The van der Waals surface area contributed by atoms with Gasteiger partial charge in [0.2, 0.25) is 0 Å². The van der Waals surface area contributed by atoms with E-state index in [0.29, 0.717) is 46.2 Å². The first-order valence-electron chi connectivity index (χ1n) is 21.4. The van der Waals surface area contributed by atoms with Crippen molar-refractivity contribution in [2.24, 2.45) is 0 Å². The molecule has 0 saturated carbocycles. The van der Waals surface area contributed by atoms with Gasteiger partial charge < -0.3 is 15.2 Å². The summed E-state index contributed by atoms with van der Waals surface area (Å²) in [6.45, 7) is 0. The van der Waals surface area contributed by atoms with E-state index in [1.54, 1.807) is 0 Å². The van der Waals surface area contributed by atoms with Gasteiger partial charge in [-0.05, 0) is 86.5 Å². The quantitative estimate of drug-likeness (QED) is 0.161. The molecule has 2 heterocycles. The highest BCUT2D eigenvalue weighted by Crippen LogP contribution is 2.62. The molecule has 0 radical (unpaired) electrons. The second kappa shape index (κ2) is 15.1. The summed E-state index contributed by atoms with van der Waals surface area (Å²) in [4.78, 5) is 15.3. The predicted octanol–water partition coefficient (Wildman–Crippen LogP) is 14.0. The molecule has 0 atom stereocenters. The second-order valence-electron chi connectivity index (χ2n) is 16.1. The van der Waals surface area contributed by atoms with Gasteiger partial charge in [0.1, 0.15) is 0 Å². The number of hydrogen-bond donors (Lipinski definition) is 1. The van der Waals surface area contributed by atoms with Gasteiger partial charge in [-0.3, -0.25) is 0 Å². The van der Waals surface area contributed by atoms with Crippen LogP contribution in [0.15, 0.2) is 218 Å². The number of hydrogen-bond acceptors (Lipinski definition) is 6. The Bertz CT molecular complexity index is 3370. The minimum Gasteiger partial charge on any atom is -0.449 e. The zero-order valence-corrected chi connectivity index (χ0v) is 34.5. The summed E-state index contributed by atoms with van der Waals surface area (Å²) >= 11 is 0. The molecule has 12 rings (SSSR count). The molecule has 0 spiro atoms. The second-order valence-corrected chi connectivity index (χ2v) is 16.1. The van der Waals surface area contributed by atoms with Gasteiger partial charge >= 0.3 is 0 Å². The van der Waals surface area contributed by atoms with E-state index in [-0.39, 0.29) is 0 Å². The number of nitrogen functional groups attached to an aromatic ring is 1. The van der Waals surface area contributed by atoms with Crippen LogP contribution in [0, 0.1) is 0 Å². The van der Waals surface area contributed by atoms with Crippen LogP contribution in [-0.2, 0) is 5.41 Å². The molecule has 1 aliphatic heterocycles. The molecule has 0 bridgehead atoms. The summed E-state index contributed by atoms with van der Waals surface area (Å²) in [6, 6.07) is 75.0. The van der Waals surface area contributed by atoms with Crippen molar-refractivity contribution in [1.29, 1.82) is 0 Å². The summed E-state index contributed by atoms with van der Waals surface area (Å²) < 4.78 is 13.8. The van der Waals surface area contributed by atoms with Crippen LogP contribution in [0.2, 0.25) is 0 Å². The summed E-state index contributed by atoms with van der Waals surface area (Å²) in [7, 11) is 0. The average molecular weight is 823 g/mol. The number of benzene rings is 9. The number of anilines is 1. The third kappa shape index (κ3) is 6.07. The average Bonchev–Trinajstić information content (AvgIpc) is 3.68. The van der Waals surface area contributed by atoms with Crippen LogP contribution in [0.3, 0.4) is 0 Å². The van der Waals surface area contributed by atoms with Crippen molar-refractivity contribution in [1.82, 2.24) is 15.0 Å². The van der Waals surface area contributed by atoms with Crippen molar-refractivity contribution >= 4 is 5.69 Å². The molecule has 1 aromatic heterocycles. The largest absolute Gasteiger partial charge is 0.449 e. The van der Waals surface area contributed by atoms with Crippen LogP contribution in [-0.4, -0.2) is 15.0 Å². The molecule has 2 aliphatic rings. The lowest BCUT2D eigenvalue weighted by atomic mass is 9.68. The number of fused-ring (bicyclic) bond motifs is 6. The topological polar surface area (TPSA) is 83.2 Å². The molecule has 302 valence electrons. The SMILES string of the molecule is Nc1cccc(-c2cccc(-c3nc(-c4ccccc4)nc(-c4ccccc4-c4ccc5c(c4)Oc4c(ccc6c4-c4ccccc4C6(c4ccccc4)c4ccccc4)O5)n3)c2)c1. The lowest BCUT2D eigenvalue weighted by Gasteiger charge is -2.34. The molecule has 0 saturated heterocycles. The molecule has 1 aliphatic carbocycles. The number of nitrogens with two attached hydrogens (primary N) is 1. The Morgan fingerprint density at radius 2 is 0.906 bits per heavy atom. The third-order valence-corrected chi connectivity index (χ3v) is 12.4. The van der Waals surface area contributed by atoms with E-state index < -0.39 is 5.41 Å². The number of nitrogens with zero attached hydrogens (tertiary/aromatic N) is 3. The first-order valence-corrected chi connectivity index (χ1v) is 21.4. The van der Waals surface area contributed by atoms with Crippen LogP contribution >= 0.6 is 0 Å². The van der Waals surface area contributed by atoms with Gasteiger partial charge in [-0.2, -0.15) is 0 Å².